The Morgan fingerprint density at radius 1 is 0.941 bits per heavy atom. The maximum absolute atomic E-state index is 13.3. The highest BCUT2D eigenvalue weighted by molar-refractivity contribution is 6.31. The van der Waals surface area contributed by atoms with Gasteiger partial charge in [0.25, 0.3) is 5.69 Å². The van der Waals surface area contributed by atoms with Crippen LogP contribution in [0.15, 0.2) is 66.9 Å². The minimum absolute atomic E-state index is 0.0669. The summed E-state index contributed by atoms with van der Waals surface area (Å²) in [5.74, 6) is 0.111. The van der Waals surface area contributed by atoms with E-state index in [-0.39, 0.29) is 17.6 Å². The average molecular weight is 480 g/mol. The van der Waals surface area contributed by atoms with Gasteiger partial charge in [-0.25, -0.2) is 0 Å². The van der Waals surface area contributed by atoms with Gasteiger partial charge in [0.05, 0.1) is 17.5 Å². The van der Waals surface area contributed by atoms with Crippen LogP contribution in [0.3, 0.4) is 0 Å². The van der Waals surface area contributed by atoms with Gasteiger partial charge in [-0.15, -0.1) is 0 Å². The molecule has 2 aliphatic rings. The first-order valence-electron chi connectivity index (χ1n) is 11.4. The summed E-state index contributed by atoms with van der Waals surface area (Å²) in [6.45, 7) is 4.57. The molecule has 0 spiro atoms. The molecule has 9 heteroatoms. The predicted molar refractivity (Wildman–Crippen MR) is 131 cm³/mol. The van der Waals surface area contributed by atoms with Gasteiger partial charge in [-0.1, -0.05) is 29.8 Å². The van der Waals surface area contributed by atoms with Crippen molar-refractivity contribution in [1.82, 2.24) is 14.4 Å². The highest BCUT2D eigenvalue weighted by atomic mass is 35.5. The molecule has 5 rings (SSSR count). The Bertz CT molecular complexity index is 1190. The summed E-state index contributed by atoms with van der Waals surface area (Å²) in [6, 6.07) is 18.5. The van der Waals surface area contributed by atoms with E-state index in [1.54, 1.807) is 12.1 Å². The maximum Gasteiger partial charge on any atom is 0.269 e. The van der Waals surface area contributed by atoms with Crippen LogP contribution in [-0.4, -0.2) is 64.5 Å². The molecule has 0 radical (unpaired) electrons. The molecule has 1 atom stereocenters. The molecular weight excluding hydrogens is 454 g/mol. The zero-order chi connectivity index (χ0) is 23.7. The number of hydrogen-bond donors (Lipinski definition) is 0. The van der Waals surface area contributed by atoms with Crippen LogP contribution in [0.1, 0.15) is 17.3 Å². The number of halogens is 1. The summed E-state index contributed by atoms with van der Waals surface area (Å²) < 4.78 is 2.23. The third-order valence-corrected chi connectivity index (χ3v) is 7.08. The first kappa shape index (κ1) is 22.4. The molecule has 1 fully saturated rings. The summed E-state index contributed by atoms with van der Waals surface area (Å²) in [6.07, 6.45) is 2.08. The highest BCUT2D eigenvalue weighted by Gasteiger charge is 2.33. The molecular formula is C25H26ClN5O3. The number of nitro groups is 1. The first-order valence-corrected chi connectivity index (χ1v) is 11.8. The number of nitrogens with zero attached hydrogens (tertiary/aromatic N) is 5. The van der Waals surface area contributed by atoms with E-state index in [2.05, 4.69) is 26.6 Å². The fraction of sp³-hybridized carbons (Fsp3) is 0.320. The summed E-state index contributed by atoms with van der Waals surface area (Å²) in [7, 11) is 0. The SMILES string of the molecule is O=C(CN1CCn2cccc2C1c1ccccc1Cl)N1CCN(c2ccc([N+](=O)[O-])cc2)CC1. The number of fused-ring (bicyclic) bond motifs is 1. The van der Waals surface area contributed by atoms with E-state index >= 15 is 0 Å². The average Bonchev–Trinajstić information content (AvgIpc) is 3.34. The van der Waals surface area contributed by atoms with Crippen molar-refractivity contribution in [3.8, 4) is 0 Å². The van der Waals surface area contributed by atoms with Crippen LogP contribution in [-0.2, 0) is 11.3 Å². The molecule has 3 aromatic rings. The van der Waals surface area contributed by atoms with Crippen LogP contribution < -0.4 is 4.90 Å². The Kier molecular flexibility index (Phi) is 6.26. The molecule has 1 amide bonds. The van der Waals surface area contributed by atoms with E-state index in [0.29, 0.717) is 37.7 Å². The largest absolute Gasteiger partial charge is 0.368 e. The second-order valence-corrected chi connectivity index (χ2v) is 9.07. The number of amides is 1. The van der Waals surface area contributed by atoms with Crippen molar-refractivity contribution in [2.24, 2.45) is 0 Å². The van der Waals surface area contributed by atoms with Crippen LogP contribution in [0.4, 0.5) is 11.4 Å². The molecule has 176 valence electrons. The lowest BCUT2D eigenvalue weighted by atomic mass is 9.99. The van der Waals surface area contributed by atoms with Gasteiger partial charge in [0.1, 0.15) is 0 Å². The van der Waals surface area contributed by atoms with E-state index in [9.17, 15) is 14.9 Å². The Morgan fingerprint density at radius 2 is 1.68 bits per heavy atom. The van der Waals surface area contributed by atoms with Crippen LogP contribution in [0.25, 0.3) is 0 Å². The maximum atomic E-state index is 13.3. The monoisotopic (exact) mass is 479 g/mol. The molecule has 1 aromatic heterocycles. The lowest BCUT2D eigenvalue weighted by molar-refractivity contribution is -0.384. The Hall–Kier alpha value is -3.36. The molecule has 34 heavy (non-hydrogen) atoms. The van der Waals surface area contributed by atoms with Gasteiger partial charge in [-0.2, -0.15) is 0 Å². The number of benzene rings is 2. The van der Waals surface area contributed by atoms with Crippen LogP contribution in [0.5, 0.6) is 0 Å². The molecule has 1 unspecified atom stereocenters. The van der Waals surface area contributed by atoms with Crippen LogP contribution in [0.2, 0.25) is 5.02 Å². The number of anilines is 1. The van der Waals surface area contributed by atoms with Crippen LogP contribution in [0, 0.1) is 10.1 Å². The van der Waals surface area contributed by atoms with E-state index in [1.165, 1.54) is 12.1 Å². The van der Waals surface area contributed by atoms with Gasteiger partial charge in [-0.05, 0) is 35.9 Å². The molecule has 0 aliphatic carbocycles. The lowest BCUT2D eigenvalue weighted by Gasteiger charge is -2.40. The second-order valence-electron chi connectivity index (χ2n) is 8.66. The van der Waals surface area contributed by atoms with Gasteiger partial charge >= 0.3 is 0 Å². The topological polar surface area (TPSA) is 74.9 Å². The molecule has 0 saturated carbocycles. The van der Waals surface area contributed by atoms with E-state index < -0.39 is 4.92 Å². The van der Waals surface area contributed by atoms with Crippen molar-refractivity contribution in [1.29, 1.82) is 0 Å². The summed E-state index contributed by atoms with van der Waals surface area (Å²) >= 11 is 6.57. The smallest absolute Gasteiger partial charge is 0.269 e. The summed E-state index contributed by atoms with van der Waals surface area (Å²) in [4.78, 5) is 30.1. The number of carbonyl (C=O) groups is 1. The minimum Gasteiger partial charge on any atom is -0.368 e. The Balaban J connectivity index is 1.26. The standard InChI is InChI=1S/C25H26ClN5O3/c26-22-5-2-1-4-21(22)25-23-6-3-11-28(23)14-17-30(25)18-24(32)29-15-12-27(13-16-29)19-7-9-20(10-8-19)31(33)34/h1-11,25H,12-18H2. The summed E-state index contributed by atoms with van der Waals surface area (Å²) in [5, 5.41) is 11.6. The van der Waals surface area contributed by atoms with Crippen molar-refractivity contribution in [2.45, 2.75) is 12.6 Å². The fourth-order valence-corrected chi connectivity index (χ4v) is 5.17. The molecule has 1 saturated heterocycles. The summed E-state index contributed by atoms with van der Waals surface area (Å²) in [5.41, 5.74) is 3.18. The van der Waals surface area contributed by atoms with Crippen molar-refractivity contribution in [3.63, 3.8) is 0 Å². The van der Waals surface area contributed by atoms with Crippen molar-refractivity contribution >= 4 is 28.9 Å². The molecule has 2 aromatic carbocycles. The van der Waals surface area contributed by atoms with Gasteiger partial charge in [0, 0.05) is 74.0 Å². The highest BCUT2D eigenvalue weighted by Crippen LogP contribution is 2.36. The van der Waals surface area contributed by atoms with Crippen molar-refractivity contribution in [2.75, 3.05) is 44.2 Å². The van der Waals surface area contributed by atoms with E-state index in [4.69, 9.17) is 11.6 Å². The number of rotatable bonds is 5. The number of nitro benzene ring substituents is 1. The third kappa shape index (κ3) is 4.38. The van der Waals surface area contributed by atoms with E-state index in [0.717, 1.165) is 30.0 Å². The Labute approximate surface area is 203 Å². The van der Waals surface area contributed by atoms with Gasteiger partial charge in [0.2, 0.25) is 5.91 Å². The van der Waals surface area contributed by atoms with Gasteiger partial charge < -0.3 is 14.4 Å². The number of carbonyl (C=O) groups excluding carboxylic acids is 1. The number of aromatic nitrogens is 1. The molecule has 3 heterocycles. The predicted octanol–water partition coefficient (Wildman–Crippen LogP) is 3.80. The van der Waals surface area contributed by atoms with E-state index in [1.807, 2.05) is 35.2 Å². The second kappa shape index (κ2) is 9.48. The van der Waals surface area contributed by atoms with Crippen molar-refractivity contribution in [3.05, 3.63) is 93.3 Å². The van der Waals surface area contributed by atoms with Gasteiger partial charge in [0.15, 0.2) is 0 Å². The fourth-order valence-electron chi connectivity index (χ4n) is 4.93. The van der Waals surface area contributed by atoms with Crippen LogP contribution >= 0.6 is 11.6 Å². The zero-order valence-corrected chi connectivity index (χ0v) is 19.5. The third-order valence-electron chi connectivity index (χ3n) is 6.73. The van der Waals surface area contributed by atoms with Crippen molar-refractivity contribution < 1.29 is 9.72 Å². The number of non-ortho nitro benzene ring substituents is 1. The van der Waals surface area contributed by atoms with Gasteiger partial charge in [-0.3, -0.25) is 19.8 Å². The number of hydrogen-bond acceptors (Lipinski definition) is 5. The quantitative estimate of drug-likeness (QED) is 0.411. The molecule has 8 nitrogen and oxygen atoms in total. The first-order chi connectivity index (χ1) is 16.5. The minimum atomic E-state index is -0.395. The number of piperazine rings is 1. The molecule has 2 aliphatic heterocycles. The molecule has 0 N–H and O–H groups in total. The normalized spacial score (nSPS) is 18.6. The Morgan fingerprint density at radius 3 is 2.38 bits per heavy atom. The lowest BCUT2D eigenvalue weighted by Crippen LogP contribution is -2.52. The zero-order valence-electron chi connectivity index (χ0n) is 18.7. The molecule has 0 bridgehead atoms.